The van der Waals surface area contributed by atoms with Crippen LogP contribution in [0.2, 0.25) is 0 Å². The summed E-state index contributed by atoms with van der Waals surface area (Å²) in [5.74, 6) is 0. The number of rotatable bonds is 0. The first-order valence-corrected chi connectivity index (χ1v) is 4.01. The van der Waals surface area contributed by atoms with Crippen molar-refractivity contribution in [1.29, 1.82) is 0 Å². The van der Waals surface area contributed by atoms with Crippen molar-refractivity contribution in [3.8, 4) is 0 Å². The first kappa shape index (κ1) is 4.97. The quantitative estimate of drug-likeness (QED) is 0.384. The number of hydrogen-bond acceptors (Lipinski definition) is 2. The van der Waals surface area contributed by atoms with Crippen LogP contribution in [0.3, 0.4) is 0 Å². The monoisotopic (exact) mass is 167 g/mol. The molecule has 0 fully saturated rings. The molecule has 0 atom stereocenters. The van der Waals surface area contributed by atoms with Crippen molar-refractivity contribution >= 4 is 6.71 Å². The normalized spacial score (nSPS) is 9.00. The molecule has 0 aromatic rings. The van der Waals surface area contributed by atoms with Crippen LogP contribution >= 0.6 is 6.71 Å². The molecule has 4 heteroatoms. The van der Waals surface area contributed by atoms with Gasteiger partial charge in [0.1, 0.15) is 0 Å². The van der Waals surface area contributed by atoms with Crippen molar-refractivity contribution in [2.75, 3.05) is 0 Å². The van der Waals surface area contributed by atoms with Gasteiger partial charge >= 0.3 is 34.3 Å². The fourth-order valence-corrected chi connectivity index (χ4v) is 0. The van der Waals surface area contributed by atoms with Gasteiger partial charge in [0.05, 0.1) is 0 Å². The number of hydrogen-bond donors (Lipinski definition) is 2. The van der Waals surface area contributed by atoms with Gasteiger partial charge in [-0.2, -0.15) is 0 Å². The van der Waals surface area contributed by atoms with Gasteiger partial charge in [0.25, 0.3) is 0 Å². The predicted octanol–water partition coefficient (Wildman–Crippen LogP) is -0.255. The molecule has 0 saturated heterocycles. The molecule has 0 aliphatic rings. The first-order valence-electron chi connectivity index (χ1n) is 0.558. The maximum absolute atomic E-state index is 7.64. The summed E-state index contributed by atoms with van der Waals surface area (Å²) in [4.78, 5) is 15.3. The van der Waals surface area contributed by atoms with E-state index in [1.165, 1.54) is 0 Å². The summed E-state index contributed by atoms with van der Waals surface area (Å²) in [7, 11) is 0. The molecule has 0 aromatic heterocycles. The second kappa shape index (κ2) is 2.23. The third-order valence-electron chi connectivity index (χ3n) is 0. The third kappa shape index (κ3) is 12.2. The third-order valence-corrected chi connectivity index (χ3v) is 0. The van der Waals surface area contributed by atoms with Crippen molar-refractivity contribution in [3.05, 3.63) is 0 Å². The van der Waals surface area contributed by atoms with Crippen LogP contribution in [0.1, 0.15) is 0 Å². The zero-order chi connectivity index (χ0) is 3.58. The van der Waals surface area contributed by atoms with Crippen LogP contribution in [0.4, 0.5) is 0 Å². The van der Waals surface area contributed by atoms with Crippen molar-refractivity contribution < 1.29 is 27.6 Å². The topological polar surface area (TPSA) is 40.5 Å². The van der Waals surface area contributed by atoms with Crippen molar-refractivity contribution in [2.24, 2.45) is 0 Å². The SMILES string of the molecule is O[P](O)[Ru]. The van der Waals surface area contributed by atoms with Crippen LogP contribution in [0, 0.1) is 0 Å². The molecule has 4 heavy (non-hydrogen) atoms. The molecule has 0 aliphatic carbocycles. The summed E-state index contributed by atoms with van der Waals surface area (Å²) < 4.78 is 0. The predicted molar refractivity (Wildman–Crippen MR) is 11.4 cm³/mol. The van der Waals surface area contributed by atoms with Gasteiger partial charge < -0.3 is 0 Å². The molecular weight excluding hydrogens is 164 g/mol. The van der Waals surface area contributed by atoms with Gasteiger partial charge in [-0.15, -0.1) is 0 Å². The van der Waals surface area contributed by atoms with E-state index < -0.39 is 6.71 Å². The molecule has 0 amide bonds. The second-order valence-corrected chi connectivity index (χ2v) is 2.78. The summed E-state index contributed by atoms with van der Waals surface area (Å²) in [5, 5.41) is 0. The Morgan fingerprint density at radius 1 is 1.50 bits per heavy atom. The van der Waals surface area contributed by atoms with Crippen LogP contribution in [-0.4, -0.2) is 9.79 Å². The van der Waals surface area contributed by atoms with Crippen molar-refractivity contribution in [3.63, 3.8) is 0 Å². The van der Waals surface area contributed by atoms with E-state index in [1.54, 1.807) is 17.8 Å². The van der Waals surface area contributed by atoms with Crippen molar-refractivity contribution in [2.45, 2.75) is 0 Å². The molecule has 0 rings (SSSR count). The van der Waals surface area contributed by atoms with Gasteiger partial charge in [0, 0.05) is 0 Å². The molecule has 0 bridgehead atoms. The van der Waals surface area contributed by atoms with E-state index in [-0.39, 0.29) is 0 Å². The van der Waals surface area contributed by atoms with E-state index in [9.17, 15) is 0 Å². The Bertz CT molecular complexity index is 10.8. The zero-order valence-electron chi connectivity index (χ0n) is 1.70. The Morgan fingerprint density at radius 2 is 1.50 bits per heavy atom. The van der Waals surface area contributed by atoms with Crippen LogP contribution in [0.25, 0.3) is 0 Å². The zero-order valence-corrected chi connectivity index (χ0v) is 4.33. The molecule has 0 saturated carbocycles. The van der Waals surface area contributed by atoms with Gasteiger partial charge in [-0.05, 0) is 0 Å². The molecule has 0 spiro atoms. The van der Waals surface area contributed by atoms with E-state index in [0.29, 0.717) is 0 Å². The first-order chi connectivity index (χ1) is 1.73. The molecule has 2 nitrogen and oxygen atoms in total. The molecule has 0 radical (unpaired) electrons. The molecule has 0 unspecified atom stereocenters. The Balaban J connectivity index is 2.32. The van der Waals surface area contributed by atoms with E-state index in [0.717, 1.165) is 0 Å². The average molecular weight is 166 g/mol. The fraction of sp³-hybridized carbons (Fsp3) is 0. The Kier molecular flexibility index (Phi) is 2.77. The van der Waals surface area contributed by atoms with Gasteiger partial charge in [-0.25, -0.2) is 0 Å². The molecule has 0 aromatic carbocycles. The minimum absolute atomic E-state index is 1.69. The standard InChI is InChI=1S/H2O2P.Ru/c1-3-2;/h1-2H;/q-1;+1. The van der Waals surface area contributed by atoms with Crippen LogP contribution in [0.5, 0.6) is 0 Å². The van der Waals surface area contributed by atoms with Crippen LogP contribution in [-0.2, 0) is 17.8 Å². The fourth-order valence-electron chi connectivity index (χ4n) is 0. The molecule has 0 aliphatic heterocycles. The summed E-state index contributed by atoms with van der Waals surface area (Å²) in [5.41, 5.74) is 0. The molecule has 0 heterocycles. The van der Waals surface area contributed by atoms with E-state index in [1.807, 2.05) is 0 Å². The minimum atomic E-state index is -1.69. The molecule has 2 N–H and O–H groups in total. The summed E-state index contributed by atoms with van der Waals surface area (Å²) >= 11 is 1.75. The van der Waals surface area contributed by atoms with Gasteiger partial charge in [-0.3, -0.25) is 0 Å². The van der Waals surface area contributed by atoms with Gasteiger partial charge in [0.2, 0.25) is 0 Å². The average Bonchev–Trinajstić information content (AvgIpc) is 0.811. The van der Waals surface area contributed by atoms with E-state index >= 15 is 0 Å². The molecular formula is H2O2PRu. The van der Waals surface area contributed by atoms with Crippen LogP contribution < -0.4 is 0 Å². The Labute approximate surface area is 34.9 Å². The summed E-state index contributed by atoms with van der Waals surface area (Å²) in [6.07, 6.45) is 0. The van der Waals surface area contributed by atoms with Gasteiger partial charge in [0.15, 0.2) is 0 Å². The van der Waals surface area contributed by atoms with Crippen LogP contribution in [0.15, 0.2) is 0 Å². The van der Waals surface area contributed by atoms with E-state index in [4.69, 9.17) is 9.79 Å². The second-order valence-electron chi connectivity index (χ2n) is 0.231. The maximum atomic E-state index is 7.64. The molecule has 27 valence electrons. The van der Waals surface area contributed by atoms with Crippen molar-refractivity contribution in [1.82, 2.24) is 0 Å². The van der Waals surface area contributed by atoms with E-state index in [2.05, 4.69) is 0 Å². The summed E-state index contributed by atoms with van der Waals surface area (Å²) in [6, 6.07) is 0. The Hall–Kier alpha value is 0.973. The Morgan fingerprint density at radius 3 is 1.50 bits per heavy atom. The van der Waals surface area contributed by atoms with Gasteiger partial charge in [-0.1, -0.05) is 0 Å². The summed E-state index contributed by atoms with van der Waals surface area (Å²) in [6.45, 7) is -1.69.